The normalized spacial score (nSPS) is 20.0. The number of ether oxygens (including phenoxy) is 1. The van der Waals surface area contributed by atoms with Crippen LogP contribution in [-0.4, -0.2) is 26.2 Å². The number of rotatable bonds is 4. The van der Waals surface area contributed by atoms with Gasteiger partial charge in [-0.25, -0.2) is 0 Å². The Hall–Kier alpha value is -0.770. The van der Waals surface area contributed by atoms with E-state index in [4.69, 9.17) is 16.3 Å². The van der Waals surface area contributed by atoms with Crippen molar-refractivity contribution in [1.82, 2.24) is 10.6 Å². The van der Waals surface area contributed by atoms with Crippen molar-refractivity contribution in [2.24, 2.45) is 0 Å². The van der Waals surface area contributed by atoms with E-state index in [-0.39, 0.29) is 0 Å². The van der Waals surface area contributed by atoms with Gasteiger partial charge in [-0.1, -0.05) is 11.6 Å². The molecule has 88 valence electrons. The van der Waals surface area contributed by atoms with E-state index >= 15 is 0 Å². The average molecular weight is 241 g/mol. The van der Waals surface area contributed by atoms with Crippen molar-refractivity contribution in [2.45, 2.75) is 19.0 Å². The highest BCUT2D eigenvalue weighted by molar-refractivity contribution is 6.30. The second kappa shape index (κ2) is 5.53. The zero-order valence-electron chi connectivity index (χ0n) is 9.42. The third-order valence-electron chi connectivity index (χ3n) is 2.88. The second-order valence-corrected chi connectivity index (χ2v) is 4.46. The molecule has 0 bridgehead atoms. The molecule has 1 fully saturated rings. The first-order valence-corrected chi connectivity index (χ1v) is 5.94. The average Bonchev–Trinajstić information content (AvgIpc) is 2.79. The Balaban J connectivity index is 1.98. The van der Waals surface area contributed by atoms with Gasteiger partial charge in [0.1, 0.15) is 5.75 Å². The van der Waals surface area contributed by atoms with Crippen LogP contribution in [0.3, 0.4) is 0 Å². The number of benzene rings is 1. The number of methoxy groups -OCH3 is 1. The van der Waals surface area contributed by atoms with Crippen LogP contribution in [-0.2, 0) is 6.54 Å². The maximum atomic E-state index is 5.97. The number of hydrogen-bond acceptors (Lipinski definition) is 3. The fourth-order valence-electron chi connectivity index (χ4n) is 1.97. The molecule has 0 saturated carbocycles. The quantitative estimate of drug-likeness (QED) is 0.842. The van der Waals surface area contributed by atoms with E-state index in [1.807, 2.05) is 18.2 Å². The Morgan fingerprint density at radius 3 is 3.12 bits per heavy atom. The Morgan fingerprint density at radius 2 is 2.44 bits per heavy atom. The first-order chi connectivity index (χ1) is 7.79. The summed E-state index contributed by atoms with van der Waals surface area (Å²) in [6, 6.07) is 6.27. The molecule has 1 aromatic rings. The van der Waals surface area contributed by atoms with Crippen molar-refractivity contribution < 1.29 is 4.74 Å². The molecule has 1 atom stereocenters. The molecular formula is C12H17ClN2O. The van der Waals surface area contributed by atoms with Gasteiger partial charge in [-0.15, -0.1) is 0 Å². The van der Waals surface area contributed by atoms with E-state index < -0.39 is 0 Å². The minimum absolute atomic E-state index is 0.559. The number of halogens is 1. The molecule has 0 spiro atoms. The van der Waals surface area contributed by atoms with Gasteiger partial charge in [0.05, 0.1) is 7.11 Å². The monoisotopic (exact) mass is 240 g/mol. The highest BCUT2D eigenvalue weighted by atomic mass is 35.5. The van der Waals surface area contributed by atoms with Gasteiger partial charge in [-0.2, -0.15) is 0 Å². The van der Waals surface area contributed by atoms with E-state index in [2.05, 4.69) is 10.6 Å². The SMILES string of the molecule is COc1ccc(Cl)cc1CNC1CCNC1. The Bertz CT molecular complexity index is 351. The predicted octanol–water partition coefficient (Wildman–Crippen LogP) is 1.80. The molecule has 3 nitrogen and oxygen atoms in total. The molecule has 0 amide bonds. The number of hydrogen-bond donors (Lipinski definition) is 2. The Morgan fingerprint density at radius 1 is 1.56 bits per heavy atom. The lowest BCUT2D eigenvalue weighted by Crippen LogP contribution is -2.30. The van der Waals surface area contributed by atoms with Crippen molar-refractivity contribution in [3.63, 3.8) is 0 Å². The molecule has 0 aliphatic carbocycles. The highest BCUT2D eigenvalue weighted by Gasteiger charge is 2.14. The summed E-state index contributed by atoms with van der Waals surface area (Å²) in [5.41, 5.74) is 1.11. The third-order valence-corrected chi connectivity index (χ3v) is 3.12. The van der Waals surface area contributed by atoms with E-state index in [1.54, 1.807) is 7.11 Å². The van der Waals surface area contributed by atoms with Gasteiger partial charge < -0.3 is 15.4 Å². The lowest BCUT2D eigenvalue weighted by atomic mass is 10.1. The van der Waals surface area contributed by atoms with Gasteiger partial charge in [-0.05, 0) is 31.2 Å². The lowest BCUT2D eigenvalue weighted by molar-refractivity contribution is 0.405. The van der Waals surface area contributed by atoms with Crippen molar-refractivity contribution in [3.8, 4) is 5.75 Å². The molecule has 1 saturated heterocycles. The fourth-order valence-corrected chi connectivity index (χ4v) is 2.16. The first-order valence-electron chi connectivity index (χ1n) is 5.56. The van der Waals surface area contributed by atoms with Crippen LogP contribution in [0.5, 0.6) is 5.75 Å². The molecule has 2 rings (SSSR count). The summed E-state index contributed by atoms with van der Waals surface area (Å²) < 4.78 is 5.30. The summed E-state index contributed by atoms with van der Waals surface area (Å²) in [5.74, 6) is 0.892. The van der Waals surface area contributed by atoms with Crippen LogP contribution in [0.25, 0.3) is 0 Å². The molecule has 2 N–H and O–H groups in total. The molecule has 1 unspecified atom stereocenters. The standard InChI is InChI=1S/C12H17ClN2O/c1-16-12-3-2-10(13)6-9(12)7-15-11-4-5-14-8-11/h2-3,6,11,14-15H,4-5,7-8H2,1H3. The smallest absolute Gasteiger partial charge is 0.123 e. The molecular weight excluding hydrogens is 224 g/mol. The first kappa shape index (κ1) is 11.7. The van der Waals surface area contributed by atoms with Gasteiger partial charge in [0.2, 0.25) is 0 Å². The highest BCUT2D eigenvalue weighted by Crippen LogP contribution is 2.22. The zero-order chi connectivity index (χ0) is 11.4. The van der Waals surface area contributed by atoms with E-state index in [0.29, 0.717) is 6.04 Å². The largest absolute Gasteiger partial charge is 0.496 e. The molecule has 16 heavy (non-hydrogen) atoms. The van der Waals surface area contributed by atoms with E-state index in [1.165, 1.54) is 6.42 Å². The third kappa shape index (κ3) is 2.88. The Labute approximate surface area is 101 Å². The molecule has 4 heteroatoms. The minimum Gasteiger partial charge on any atom is -0.496 e. The van der Waals surface area contributed by atoms with Crippen LogP contribution < -0.4 is 15.4 Å². The Kier molecular flexibility index (Phi) is 4.04. The van der Waals surface area contributed by atoms with Crippen molar-refractivity contribution in [3.05, 3.63) is 28.8 Å². The maximum absolute atomic E-state index is 5.97. The van der Waals surface area contributed by atoms with Crippen molar-refractivity contribution in [1.29, 1.82) is 0 Å². The summed E-state index contributed by atoms with van der Waals surface area (Å²) in [6.45, 7) is 2.95. The zero-order valence-corrected chi connectivity index (χ0v) is 10.2. The van der Waals surface area contributed by atoms with Crippen LogP contribution in [0.15, 0.2) is 18.2 Å². The predicted molar refractivity (Wildman–Crippen MR) is 66.1 cm³/mol. The summed E-state index contributed by atoms with van der Waals surface area (Å²) in [6.07, 6.45) is 1.18. The molecule has 1 aromatic carbocycles. The van der Waals surface area contributed by atoms with Gasteiger partial charge in [-0.3, -0.25) is 0 Å². The van der Waals surface area contributed by atoms with Crippen molar-refractivity contribution in [2.75, 3.05) is 20.2 Å². The summed E-state index contributed by atoms with van der Waals surface area (Å²) >= 11 is 5.97. The minimum atomic E-state index is 0.559. The van der Waals surface area contributed by atoms with Crippen LogP contribution >= 0.6 is 11.6 Å². The topological polar surface area (TPSA) is 33.3 Å². The van der Waals surface area contributed by atoms with Gasteiger partial charge in [0.15, 0.2) is 0 Å². The van der Waals surface area contributed by atoms with Crippen LogP contribution in [0.4, 0.5) is 0 Å². The second-order valence-electron chi connectivity index (χ2n) is 4.03. The van der Waals surface area contributed by atoms with Gasteiger partial charge in [0.25, 0.3) is 0 Å². The summed E-state index contributed by atoms with van der Waals surface area (Å²) in [5, 5.41) is 7.58. The molecule has 1 heterocycles. The van der Waals surface area contributed by atoms with Crippen LogP contribution in [0.2, 0.25) is 5.02 Å². The van der Waals surface area contributed by atoms with Crippen LogP contribution in [0, 0.1) is 0 Å². The van der Waals surface area contributed by atoms with Crippen molar-refractivity contribution >= 4 is 11.6 Å². The summed E-state index contributed by atoms with van der Waals surface area (Å²) in [4.78, 5) is 0. The van der Waals surface area contributed by atoms with E-state index in [9.17, 15) is 0 Å². The van der Waals surface area contributed by atoms with E-state index in [0.717, 1.165) is 36.0 Å². The maximum Gasteiger partial charge on any atom is 0.123 e. The molecule has 0 aromatic heterocycles. The van der Waals surface area contributed by atoms with Gasteiger partial charge in [0, 0.05) is 29.7 Å². The van der Waals surface area contributed by atoms with Gasteiger partial charge >= 0.3 is 0 Å². The molecule has 0 radical (unpaired) electrons. The number of nitrogens with one attached hydrogen (secondary N) is 2. The molecule has 1 aliphatic heterocycles. The lowest BCUT2D eigenvalue weighted by Gasteiger charge is -2.13. The fraction of sp³-hybridized carbons (Fsp3) is 0.500. The summed E-state index contributed by atoms with van der Waals surface area (Å²) in [7, 11) is 1.68. The van der Waals surface area contributed by atoms with Crippen LogP contribution in [0.1, 0.15) is 12.0 Å². The molecule has 1 aliphatic rings.